The fourth-order valence-corrected chi connectivity index (χ4v) is 4.10. The minimum absolute atomic E-state index is 0.0454. The first-order valence-electron chi connectivity index (χ1n) is 11.0. The van der Waals surface area contributed by atoms with Crippen LogP contribution in [0.2, 0.25) is 0 Å². The molecule has 0 rings (SSSR count). The van der Waals surface area contributed by atoms with Crippen LogP contribution in [0.1, 0.15) is 117 Å². The Labute approximate surface area is 163 Å². The predicted molar refractivity (Wildman–Crippen MR) is 111 cm³/mol. The Kier molecular flexibility index (Phi) is 16.9. The van der Waals surface area contributed by atoms with E-state index in [1.807, 2.05) is 6.92 Å². The molecule has 0 aliphatic rings. The van der Waals surface area contributed by atoms with Gasteiger partial charge < -0.3 is 4.74 Å². The Morgan fingerprint density at radius 2 is 1.08 bits per heavy atom. The average molecular weight is 393 g/mol. The van der Waals surface area contributed by atoms with Gasteiger partial charge in [-0.25, -0.2) is 0 Å². The van der Waals surface area contributed by atoms with Crippen LogP contribution in [0.5, 0.6) is 0 Å². The van der Waals surface area contributed by atoms with E-state index in [4.69, 9.17) is 9.29 Å². The monoisotopic (exact) mass is 392 g/mol. The van der Waals surface area contributed by atoms with Crippen molar-refractivity contribution in [1.82, 2.24) is 0 Å². The minimum Gasteiger partial charge on any atom is -0.374 e. The normalized spacial score (nSPS) is 14.5. The predicted octanol–water partition coefficient (Wildman–Crippen LogP) is 6.54. The minimum atomic E-state index is -3.94. The van der Waals surface area contributed by atoms with Crippen LogP contribution in [-0.2, 0) is 14.9 Å². The van der Waals surface area contributed by atoms with Crippen molar-refractivity contribution >= 4 is 10.1 Å². The lowest BCUT2D eigenvalue weighted by Gasteiger charge is -2.18. The lowest BCUT2D eigenvalue weighted by molar-refractivity contribution is 0.0142. The topological polar surface area (TPSA) is 63.6 Å². The van der Waals surface area contributed by atoms with Gasteiger partial charge in [0.2, 0.25) is 0 Å². The molecule has 0 spiro atoms. The summed E-state index contributed by atoms with van der Waals surface area (Å²) in [6, 6.07) is 0. The zero-order chi connectivity index (χ0) is 19.7. The highest BCUT2D eigenvalue weighted by Gasteiger charge is 2.15. The zero-order valence-electron chi connectivity index (χ0n) is 17.5. The summed E-state index contributed by atoms with van der Waals surface area (Å²) in [5.74, 6) is -0.323. The van der Waals surface area contributed by atoms with E-state index in [1.165, 1.54) is 83.5 Å². The van der Waals surface area contributed by atoms with Gasteiger partial charge in [0.1, 0.15) is 5.75 Å². The van der Waals surface area contributed by atoms with Gasteiger partial charge in [-0.15, -0.1) is 0 Å². The number of ether oxygens (including phenoxy) is 1. The van der Waals surface area contributed by atoms with Gasteiger partial charge in [0.25, 0.3) is 10.1 Å². The highest BCUT2D eigenvalue weighted by Crippen LogP contribution is 2.14. The van der Waals surface area contributed by atoms with E-state index in [0.717, 1.165) is 12.8 Å². The summed E-state index contributed by atoms with van der Waals surface area (Å²) in [5, 5.41) is 0. The summed E-state index contributed by atoms with van der Waals surface area (Å²) >= 11 is 0. The van der Waals surface area contributed by atoms with E-state index < -0.39 is 16.2 Å². The second-order valence-electron chi connectivity index (χ2n) is 7.89. The zero-order valence-corrected chi connectivity index (χ0v) is 18.4. The van der Waals surface area contributed by atoms with Crippen LogP contribution >= 0.6 is 0 Å². The van der Waals surface area contributed by atoms with Gasteiger partial charge in [-0.05, 0) is 20.3 Å². The molecule has 0 aromatic carbocycles. The molecule has 2 unspecified atom stereocenters. The van der Waals surface area contributed by atoms with Crippen LogP contribution in [0.4, 0.5) is 0 Å². The molecule has 0 aromatic heterocycles. The van der Waals surface area contributed by atoms with Gasteiger partial charge in [-0.3, -0.25) is 4.55 Å². The van der Waals surface area contributed by atoms with Gasteiger partial charge in [0, 0.05) is 0 Å². The Hall–Kier alpha value is -0.130. The first kappa shape index (κ1) is 25.9. The van der Waals surface area contributed by atoms with Crippen molar-refractivity contribution in [3.05, 3.63) is 0 Å². The van der Waals surface area contributed by atoms with Crippen molar-refractivity contribution < 1.29 is 17.7 Å². The molecule has 0 aliphatic heterocycles. The fourth-order valence-electron chi connectivity index (χ4n) is 3.43. The molecule has 0 radical (unpaired) electrons. The van der Waals surface area contributed by atoms with E-state index in [0.29, 0.717) is 0 Å². The first-order chi connectivity index (χ1) is 12.3. The van der Waals surface area contributed by atoms with Crippen LogP contribution < -0.4 is 0 Å². The summed E-state index contributed by atoms with van der Waals surface area (Å²) in [7, 11) is -3.94. The van der Waals surface area contributed by atoms with Crippen molar-refractivity contribution in [1.29, 1.82) is 0 Å². The first-order valence-corrected chi connectivity index (χ1v) is 12.6. The number of hydrogen-bond donors (Lipinski definition) is 1. The molecule has 1 N–H and O–H groups in total. The molecule has 0 saturated carbocycles. The molecule has 0 fully saturated rings. The molecule has 0 aliphatic carbocycles. The van der Waals surface area contributed by atoms with Gasteiger partial charge >= 0.3 is 0 Å². The lowest BCUT2D eigenvalue weighted by Crippen LogP contribution is -2.24. The van der Waals surface area contributed by atoms with Crippen LogP contribution in [0.15, 0.2) is 0 Å². The van der Waals surface area contributed by atoms with E-state index in [2.05, 4.69) is 6.92 Å². The number of unbranched alkanes of at least 4 members (excludes halogenated alkanes) is 13. The smallest absolute Gasteiger partial charge is 0.267 e. The quantitative estimate of drug-likeness (QED) is 0.200. The second-order valence-corrected chi connectivity index (χ2v) is 9.39. The van der Waals surface area contributed by atoms with Crippen molar-refractivity contribution in [2.75, 3.05) is 5.75 Å². The third kappa shape index (κ3) is 20.2. The Morgan fingerprint density at radius 3 is 1.46 bits per heavy atom. The Bertz CT molecular complexity index is 395. The molecule has 4 nitrogen and oxygen atoms in total. The highest BCUT2D eigenvalue weighted by atomic mass is 32.2. The summed E-state index contributed by atoms with van der Waals surface area (Å²) in [6.07, 6.45) is 19.4. The maximum Gasteiger partial charge on any atom is 0.267 e. The molecule has 0 bridgehead atoms. The van der Waals surface area contributed by atoms with Crippen LogP contribution in [0.3, 0.4) is 0 Å². The largest absolute Gasteiger partial charge is 0.374 e. The van der Waals surface area contributed by atoms with Crippen molar-refractivity contribution in [3.63, 3.8) is 0 Å². The van der Waals surface area contributed by atoms with Gasteiger partial charge in [-0.1, -0.05) is 96.8 Å². The van der Waals surface area contributed by atoms with Crippen LogP contribution in [0, 0.1) is 0 Å². The Morgan fingerprint density at radius 1 is 0.692 bits per heavy atom. The van der Waals surface area contributed by atoms with Gasteiger partial charge in [0.15, 0.2) is 0 Å². The molecule has 5 heteroatoms. The van der Waals surface area contributed by atoms with Crippen LogP contribution in [0.25, 0.3) is 0 Å². The summed E-state index contributed by atoms with van der Waals surface area (Å²) in [4.78, 5) is 0. The van der Waals surface area contributed by atoms with Crippen LogP contribution in [-0.4, -0.2) is 30.9 Å². The Balaban J connectivity index is 3.30. The third-order valence-corrected chi connectivity index (χ3v) is 5.76. The maximum absolute atomic E-state index is 10.8. The van der Waals surface area contributed by atoms with Gasteiger partial charge in [-0.2, -0.15) is 8.42 Å². The SMILES string of the molecule is CCCCCCCCCCCCCCCCC(C)OC(C)CS(=O)(=O)O. The summed E-state index contributed by atoms with van der Waals surface area (Å²) in [5.41, 5.74) is 0. The molecule has 2 atom stereocenters. The number of rotatable bonds is 19. The molecular weight excluding hydrogens is 348 g/mol. The van der Waals surface area contributed by atoms with Crippen molar-refractivity contribution in [3.8, 4) is 0 Å². The van der Waals surface area contributed by atoms with Crippen molar-refractivity contribution in [2.45, 2.75) is 129 Å². The fraction of sp³-hybridized carbons (Fsp3) is 1.00. The van der Waals surface area contributed by atoms with E-state index >= 15 is 0 Å². The maximum atomic E-state index is 10.8. The summed E-state index contributed by atoms with van der Waals surface area (Å²) in [6.45, 7) is 5.93. The molecule has 0 saturated heterocycles. The van der Waals surface area contributed by atoms with Gasteiger partial charge in [0.05, 0.1) is 12.2 Å². The van der Waals surface area contributed by atoms with Crippen molar-refractivity contribution in [2.24, 2.45) is 0 Å². The molecule has 0 aromatic rings. The third-order valence-electron chi connectivity index (χ3n) is 4.87. The standard InChI is InChI=1S/C21H44O4S/c1-4-5-6-7-8-9-10-11-12-13-14-15-16-17-18-20(2)25-21(3)19-26(22,23)24/h20-21H,4-19H2,1-3H3,(H,22,23,24). The lowest BCUT2D eigenvalue weighted by atomic mass is 10.0. The average Bonchev–Trinajstić information content (AvgIpc) is 2.53. The second kappa shape index (κ2) is 17.0. The highest BCUT2D eigenvalue weighted by molar-refractivity contribution is 7.85. The molecule has 158 valence electrons. The number of hydrogen-bond acceptors (Lipinski definition) is 3. The van der Waals surface area contributed by atoms with E-state index in [-0.39, 0.29) is 11.9 Å². The molecular formula is C21H44O4S. The van der Waals surface area contributed by atoms with E-state index in [9.17, 15) is 8.42 Å². The molecule has 0 amide bonds. The van der Waals surface area contributed by atoms with E-state index in [1.54, 1.807) is 6.92 Å². The summed E-state index contributed by atoms with van der Waals surface area (Å²) < 4.78 is 36.0. The molecule has 0 heterocycles. The molecule has 26 heavy (non-hydrogen) atoms.